The lowest BCUT2D eigenvalue weighted by molar-refractivity contribution is -0.123. The smallest absolute Gasteiger partial charge is 0.234 e. The number of nitrogens with one attached hydrogen (secondary N) is 2. The summed E-state index contributed by atoms with van der Waals surface area (Å²) in [7, 11) is 2.04. The highest BCUT2D eigenvalue weighted by molar-refractivity contribution is 5.78. The summed E-state index contributed by atoms with van der Waals surface area (Å²) in [6.45, 7) is 10.0. The number of amides is 1. The van der Waals surface area contributed by atoms with E-state index in [-0.39, 0.29) is 11.4 Å². The molecular weight excluding hydrogens is 226 g/mol. The summed E-state index contributed by atoms with van der Waals surface area (Å²) in [6, 6.07) is 0. The highest BCUT2D eigenvalue weighted by atomic mass is 16.2. The van der Waals surface area contributed by atoms with E-state index in [1.54, 1.807) is 0 Å². The molecule has 0 atom stereocenters. The van der Waals surface area contributed by atoms with Crippen molar-refractivity contribution in [3.05, 3.63) is 0 Å². The minimum Gasteiger partial charge on any atom is -0.350 e. The fourth-order valence-corrected chi connectivity index (χ4v) is 2.32. The normalized spacial score (nSPS) is 18.1. The van der Waals surface area contributed by atoms with Crippen LogP contribution in [0.3, 0.4) is 0 Å². The van der Waals surface area contributed by atoms with E-state index >= 15 is 0 Å². The maximum absolute atomic E-state index is 11.9. The highest BCUT2D eigenvalue weighted by Gasteiger charge is 2.20. The minimum absolute atomic E-state index is 0.0906. The van der Waals surface area contributed by atoms with Crippen LogP contribution in [0.4, 0.5) is 0 Å². The molecule has 4 heteroatoms. The Morgan fingerprint density at radius 2 is 2.00 bits per heavy atom. The molecule has 4 nitrogen and oxygen atoms in total. The number of hydrogen-bond acceptors (Lipinski definition) is 3. The third kappa shape index (κ3) is 5.83. The summed E-state index contributed by atoms with van der Waals surface area (Å²) in [4.78, 5) is 14.1. The Labute approximate surface area is 111 Å². The van der Waals surface area contributed by atoms with Gasteiger partial charge in [0.1, 0.15) is 0 Å². The Kier molecular flexibility index (Phi) is 6.09. The SMILES string of the molecule is CCC(C)(C)NC(=O)CN(C)CC1CCNCC1. The molecule has 1 saturated heterocycles. The summed E-state index contributed by atoms with van der Waals surface area (Å²) < 4.78 is 0. The van der Waals surface area contributed by atoms with Gasteiger partial charge in [-0.1, -0.05) is 6.92 Å². The van der Waals surface area contributed by atoms with E-state index < -0.39 is 0 Å². The second-order valence-corrected chi connectivity index (χ2v) is 6.18. The van der Waals surface area contributed by atoms with Gasteiger partial charge in [-0.2, -0.15) is 0 Å². The fourth-order valence-electron chi connectivity index (χ4n) is 2.32. The van der Waals surface area contributed by atoms with Gasteiger partial charge in [-0.3, -0.25) is 9.69 Å². The zero-order chi connectivity index (χ0) is 13.6. The molecule has 0 spiro atoms. The molecule has 1 fully saturated rings. The van der Waals surface area contributed by atoms with Crippen molar-refractivity contribution < 1.29 is 4.79 Å². The highest BCUT2D eigenvalue weighted by Crippen LogP contribution is 2.12. The topological polar surface area (TPSA) is 44.4 Å². The predicted molar refractivity (Wildman–Crippen MR) is 75.6 cm³/mol. The van der Waals surface area contributed by atoms with Gasteiger partial charge in [0.15, 0.2) is 0 Å². The maximum Gasteiger partial charge on any atom is 0.234 e. The van der Waals surface area contributed by atoms with E-state index in [9.17, 15) is 4.79 Å². The van der Waals surface area contributed by atoms with Gasteiger partial charge in [-0.05, 0) is 59.2 Å². The van der Waals surface area contributed by atoms with Crippen LogP contribution in [0.1, 0.15) is 40.0 Å². The third-order valence-electron chi connectivity index (χ3n) is 3.80. The zero-order valence-corrected chi connectivity index (χ0v) is 12.4. The average Bonchev–Trinajstić information content (AvgIpc) is 2.29. The minimum atomic E-state index is -0.0906. The van der Waals surface area contributed by atoms with Crippen LogP contribution in [-0.2, 0) is 4.79 Å². The van der Waals surface area contributed by atoms with Gasteiger partial charge in [0.2, 0.25) is 5.91 Å². The molecule has 0 aromatic rings. The summed E-state index contributed by atoms with van der Waals surface area (Å²) in [6.07, 6.45) is 3.41. The molecule has 1 rings (SSSR count). The average molecular weight is 255 g/mol. The van der Waals surface area contributed by atoms with E-state index in [0.717, 1.165) is 32.0 Å². The number of likely N-dealkylation sites (N-methyl/N-ethyl adjacent to an activating group) is 1. The number of rotatable bonds is 6. The molecule has 1 aliphatic rings. The van der Waals surface area contributed by atoms with Gasteiger partial charge in [-0.15, -0.1) is 0 Å². The molecule has 1 aliphatic heterocycles. The standard InChI is InChI=1S/C14H29N3O/c1-5-14(2,3)16-13(18)11-17(4)10-12-6-8-15-9-7-12/h12,15H,5-11H2,1-4H3,(H,16,18). The number of nitrogens with zero attached hydrogens (tertiary/aromatic N) is 1. The zero-order valence-electron chi connectivity index (χ0n) is 12.4. The summed E-state index contributed by atoms with van der Waals surface area (Å²) >= 11 is 0. The van der Waals surface area contributed by atoms with Crippen LogP contribution in [0.5, 0.6) is 0 Å². The van der Waals surface area contributed by atoms with Crippen molar-refractivity contribution in [1.29, 1.82) is 0 Å². The van der Waals surface area contributed by atoms with Gasteiger partial charge in [0, 0.05) is 12.1 Å². The van der Waals surface area contributed by atoms with E-state index in [4.69, 9.17) is 0 Å². The molecule has 0 bridgehead atoms. The largest absolute Gasteiger partial charge is 0.350 e. The van der Waals surface area contributed by atoms with Gasteiger partial charge in [0.25, 0.3) is 0 Å². The summed E-state index contributed by atoms with van der Waals surface area (Å²) in [5.41, 5.74) is -0.0906. The van der Waals surface area contributed by atoms with Crippen molar-refractivity contribution in [2.75, 3.05) is 33.2 Å². The first-order valence-electron chi connectivity index (χ1n) is 7.13. The molecule has 0 unspecified atom stereocenters. The van der Waals surface area contributed by atoms with Crippen LogP contribution in [0.25, 0.3) is 0 Å². The van der Waals surface area contributed by atoms with Gasteiger partial charge in [0.05, 0.1) is 6.54 Å². The monoisotopic (exact) mass is 255 g/mol. The van der Waals surface area contributed by atoms with E-state index in [0.29, 0.717) is 6.54 Å². The molecule has 1 heterocycles. The molecule has 2 N–H and O–H groups in total. The summed E-state index contributed by atoms with van der Waals surface area (Å²) in [5.74, 6) is 0.876. The molecule has 18 heavy (non-hydrogen) atoms. The van der Waals surface area contributed by atoms with Crippen LogP contribution in [0, 0.1) is 5.92 Å². The number of carbonyl (C=O) groups excluding carboxylic acids is 1. The Balaban J connectivity index is 2.26. The fraction of sp³-hybridized carbons (Fsp3) is 0.929. The van der Waals surface area contributed by atoms with Crippen molar-refractivity contribution >= 4 is 5.91 Å². The van der Waals surface area contributed by atoms with Crippen LogP contribution in [-0.4, -0.2) is 49.6 Å². The maximum atomic E-state index is 11.9. The first-order chi connectivity index (χ1) is 8.43. The Morgan fingerprint density at radius 3 is 2.56 bits per heavy atom. The van der Waals surface area contributed by atoms with Gasteiger partial charge < -0.3 is 10.6 Å². The lowest BCUT2D eigenvalue weighted by Crippen LogP contribution is -2.47. The van der Waals surface area contributed by atoms with Crippen LogP contribution in [0.15, 0.2) is 0 Å². The van der Waals surface area contributed by atoms with Crippen molar-refractivity contribution in [2.24, 2.45) is 5.92 Å². The molecule has 0 saturated carbocycles. The Hall–Kier alpha value is -0.610. The number of hydrogen-bond donors (Lipinski definition) is 2. The molecule has 0 aliphatic carbocycles. The van der Waals surface area contributed by atoms with Crippen LogP contribution < -0.4 is 10.6 Å². The first kappa shape index (κ1) is 15.4. The van der Waals surface area contributed by atoms with Crippen LogP contribution in [0.2, 0.25) is 0 Å². The second-order valence-electron chi connectivity index (χ2n) is 6.18. The van der Waals surface area contributed by atoms with Crippen molar-refractivity contribution in [3.8, 4) is 0 Å². The number of carbonyl (C=O) groups is 1. The quantitative estimate of drug-likeness (QED) is 0.750. The Morgan fingerprint density at radius 1 is 1.39 bits per heavy atom. The molecule has 0 aromatic carbocycles. The first-order valence-corrected chi connectivity index (χ1v) is 7.13. The van der Waals surface area contributed by atoms with Crippen molar-refractivity contribution in [2.45, 2.75) is 45.6 Å². The van der Waals surface area contributed by atoms with Crippen molar-refractivity contribution in [1.82, 2.24) is 15.5 Å². The summed E-state index contributed by atoms with van der Waals surface area (Å²) in [5, 5.41) is 6.45. The van der Waals surface area contributed by atoms with Gasteiger partial charge in [-0.25, -0.2) is 0 Å². The molecule has 1 amide bonds. The van der Waals surface area contributed by atoms with E-state index in [1.165, 1.54) is 12.8 Å². The van der Waals surface area contributed by atoms with Crippen LogP contribution >= 0.6 is 0 Å². The predicted octanol–water partition coefficient (Wildman–Crippen LogP) is 1.22. The van der Waals surface area contributed by atoms with Crippen molar-refractivity contribution in [3.63, 3.8) is 0 Å². The lowest BCUT2D eigenvalue weighted by atomic mass is 9.97. The second kappa shape index (κ2) is 7.10. The van der Waals surface area contributed by atoms with Gasteiger partial charge >= 0.3 is 0 Å². The molecule has 106 valence electrons. The molecular formula is C14H29N3O. The molecule has 0 radical (unpaired) electrons. The van der Waals surface area contributed by atoms with E-state index in [2.05, 4.69) is 36.3 Å². The Bertz CT molecular complexity index is 260. The van der Waals surface area contributed by atoms with E-state index in [1.807, 2.05) is 7.05 Å². The third-order valence-corrected chi connectivity index (χ3v) is 3.80. The lowest BCUT2D eigenvalue weighted by Gasteiger charge is -2.29. The molecule has 0 aromatic heterocycles. The number of piperidine rings is 1.